The lowest BCUT2D eigenvalue weighted by Gasteiger charge is -2.24. The molecule has 2 aromatic rings. The number of aromatic nitrogens is 1. The molecule has 0 radical (unpaired) electrons. The quantitative estimate of drug-likeness (QED) is 0.830. The lowest BCUT2D eigenvalue weighted by molar-refractivity contribution is -0.115. The Kier molecular flexibility index (Phi) is 5.14. The molecule has 1 aromatic heterocycles. The summed E-state index contributed by atoms with van der Waals surface area (Å²) in [7, 11) is 0. The third-order valence-corrected chi connectivity index (χ3v) is 3.80. The van der Waals surface area contributed by atoms with Gasteiger partial charge in [0, 0.05) is 11.9 Å². The van der Waals surface area contributed by atoms with Crippen LogP contribution in [-0.2, 0) is 10.2 Å². The second kappa shape index (κ2) is 6.71. The zero-order valence-electron chi connectivity index (χ0n) is 12.9. The van der Waals surface area contributed by atoms with Crippen LogP contribution < -0.4 is 4.90 Å². The Morgan fingerprint density at radius 3 is 2.32 bits per heavy atom. The van der Waals surface area contributed by atoms with Gasteiger partial charge in [-0.2, -0.15) is 12.6 Å². The molecule has 1 amide bonds. The van der Waals surface area contributed by atoms with E-state index in [-0.39, 0.29) is 17.1 Å². The van der Waals surface area contributed by atoms with E-state index in [0.717, 1.165) is 5.69 Å². The normalized spacial score (nSPS) is 11.3. The van der Waals surface area contributed by atoms with E-state index < -0.39 is 0 Å². The van der Waals surface area contributed by atoms with Crippen molar-refractivity contribution in [1.82, 2.24) is 4.98 Å². The van der Waals surface area contributed by atoms with Gasteiger partial charge >= 0.3 is 0 Å². The van der Waals surface area contributed by atoms with E-state index in [0.29, 0.717) is 10.7 Å². The first-order valence-electron chi connectivity index (χ1n) is 6.98. The Bertz CT molecular complexity index is 665. The van der Waals surface area contributed by atoms with E-state index in [9.17, 15) is 4.79 Å². The molecule has 0 bridgehead atoms. The highest BCUT2D eigenvalue weighted by atomic mass is 35.5. The zero-order valence-corrected chi connectivity index (χ0v) is 14.5. The first-order valence-corrected chi connectivity index (χ1v) is 7.99. The van der Waals surface area contributed by atoms with Crippen molar-refractivity contribution in [3.05, 3.63) is 53.3 Å². The van der Waals surface area contributed by atoms with Crippen LogP contribution in [0.4, 0.5) is 11.4 Å². The molecule has 3 nitrogen and oxygen atoms in total. The maximum absolute atomic E-state index is 12.3. The SMILES string of the molecule is CC(C)(C)c1ccc(N(C(=O)CS)c2cncc(Cl)c2)cc1. The van der Waals surface area contributed by atoms with Gasteiger partial charge in [-0.3, -0.25) is 14.7 Å². The molecule has 1 aromatic carbocycles. The maximum Gasteiger partial charge on any atom is 0.241 e. The fourth-order valence-electron chi connectivity index (χ4n) is 2.14. The Labute approximate surface area is 141 Å². The number of carbonyl (C=O) groups is 1. The summed E-state index contributed by atoms with van der Waals surface area (Å²) >= 11 is 10.1. The van der Waals surface area contributed by atoms with Crippen molar-refractivity contribution in [3.63, 3.8) is 0 Å². The molecular formula is C17H19ClN2OS. The number of carbonyl (C=O) groups excluding carboxylic acids is 1. The summed E-state index contributed by atoms with van der Waals surface area (Å²) in [6.07, 6.45) is 3.15. The first kappa shape index (κ1) is 16.8. The Balaban J connectivity index is 2.44. The molecule has 0 aliphatic heterocycles. The summed E-state index contributed by atoms with van der Waals surface area (Å²) in [6, 6.07) is 9.65. The number of thiol groups is 1. The highest BCUT2D eigenvalue weighted by Gasteiger charge is 2.19. The summed E-state index contributed by atoms with van der Waals surface area (Å²) < 4.78 is 0. The average Bonchev–Trinajstić information content (AvgIpc) is 2.47. The molecule has 0 spiro atoms. The molecule has 0 aliphatic carbocycles. The van der Waals surface area contributed by atoms with E-state index in [4.69, 9.17) is 11.6 Å². The Hall–Kier alpha value is -1.52. The van der Waals surface area contributed by atoms with Crippen molar-refractivity contribution < 1.29 is 4.79 Å². The highest BCUT2D eigenvalue weighted by Crippen LogP contribution is 2.30. The van der Waals surface area contributed by atoms with Crippen molar-refractivity contribution in [2.45, 2.75) is 26.2 Å². The topological polar surface area (TPSA) is 33.2 Å². The third kappa shape index (κ3) is 3.81. The number of hydrogen-bond acceptors (Lipinski definition) is 3. The van der Waals surface area contributed by atoms with Crippen molar-refractivity contribution in [2.75, 3.05) is 10.7 Å². The third-order valence-electron chi connectivity index (χ3n) is 3.32. The zero-order chi connectivity index (χ0) is 16.3. The monoisotopic (exact) mass is 334 g/mol. The van der Waals surface area contributed by atoms with Crippen molar-refractivity contribution in [2.24, 2.45) is 0 Å². The van der Waals surface area contributed by atoms with Crippen LogP contribution >= 0.6 is 24.2 Å². The van der Waals surface area contributed by atoms with Crippen LogP contribution in [0.5, 0.6) is 0 Å². The minimum absolute atomic E-state index is 0.0640. The number of halogens is 1. The summed E-state index contributed by atoms with van der Waals surface area (Å²) in [6.45, 7) is 6.46. The summed E-state index contributed by atoms with van der Waals surface area (Å²) in [5, 5.41) is 0.487. The van der Waals surface area contributed by atoms with Crippen molar-refractivity contribution >= 4 is 41.5 Å². The molecule has 0 unspecified atom stereocenters. The number of rotatable bonds is 3. The van der Waals surface area contributed by atoms with E-state index in [2.05, 4.69) is 38.4 Å². The molecule has 116 valence electrons. The van der Waals surface area contributed by atoms with E-state index in [1.807, 2.05) is 24.3 Å². The molecule has 0 atom stereocenters. The van der Waals surface area contributed by atoms with Crippen LogP contribution in [-0.4, -0.2) is 16.6 Å². The molecule has 0 aliphatic rings. The smallest absolute Gasteiger partial charge is 0.241 e. The average molecular weight is 335 g/mol. The molecule has 0 N–H and O–H groups in total. The van der Waals surface area contributed by atoms with Crippen molar-refractivity contribution in [1.29, 1.82) is 0 Å². The molecular weight excluding hydrogens is 316 g/mol. The standard InChI is InChI=1S/C17H19ClN2OS/c1-17(2,3)12-4-6-14(7-5-12)20(16(21)11-22)15-8-13(18)9-19-10-15/h4-10,22H,11H2,1-3H3. The van der Waals surface area contributed by atoms with Gasteiger partial charge in [0.05, 0.1) is 22.7 Å². The van der Waals surface area contributed by atoms with E-state index in [1.165, 1.54) is 11.8 Å². The number of anilines is 2. The Morgan fingerprint density at radius 1 is 1.18 bits per heavy atom. The molecule has 0 saturated carbocycles. The fourth-order valence-corrected chi connectivity index (χ4v) is 2.45. The van der Waals surface area contributed by atoms with Gasteiger partial charge < -0.3 is 0 Å². The van der Waals surface area contributed by atoms with Crippen LogP contribution in [0.1, 0.15) is 26.3 Å². The van der Waals surface area contributed by atoms with Crippen LogP contribution in [0.15, 0.2) is 42.7 Å². The second-order valence-corrected chi connectivity index (χ2v) is 6.80. The van der Waals surface area contributed by atoms with E-state index >= 15 is 0 Å². The van der Waals surface area contributed by atoms with Crippen LogP contribution in [0.2, 0.25) is 5.02 Å². The lowest BCUT2D eigenvalue weighted by Crippen LogP contribution is -2.27. The fraction of sp³-hybridized carbons (Fsp3) is 0.294. The predicted octanol–water partition coefficient (Wildman–Crippen LogP) is 4.63. The summed E-state index contributed by atoms with van der Waals surface area (Å²) in [5.41, 5.74) is 2.68. The van der Waals surface area contributed by atoms with Gasteiger partial charge in [0.1, 0.15) is 0 Å². The lowest BCUT2D eigenvalue weighted by atomic mass is 9.87. The number of hydrogen-bond donors (Lipinski definition) is 1. The minimum atomic E-state index is -0.129. The second-order valence-electron chi connectivity index (χ2n) is 6.05. The van der Waals surface area contributed by atoms with Gasteiger partial charge in [-0.05, 0) is 29.2 Å². The van der Waals surface area contributed by atoms with Gasteiger partial charge in [-0.25, -0.2) is 0 Å². The van der Waals surface area contributed by atoms with Crippen LogP contribution in [0.3, 0.4) is 0 Å². The van der Waals surface area contributed by atoms with Gasteiger partial charge in [0.25, 0.3) is 0 Å². The molecule has 0 saturated heterocycles. The summed E-state index contributed by atoms with van der Waals surface area (Å²) in [5.74, 6) is -0.0241. The summed E-state index contributed by atoms with van der Waals surface area (Å²) in [4.78, 5) is 17.9. The van der Waals surface area contributed by atoms with Crippen LogP contribution in [0.25, 0.3) is 0 Å². The number of amides is 1. The van der Waals surface area contributed by atoms with Crippen LogP contribution in [0, 0.1) is 0 Å². The van der Waals surface area contributed by atoms with Gasteiger partial charge in [0.2, 0.25) is 5.91 Å². The minimum Gasteiger partial charge on any atom is -0.279 e. The number of nitrogens with zero attached hydrogens (tertiary/aromatic N) is 2. The molecule has 1 heterocycles. The molecule has 5 heteroatoms. The van der Waals surface area contributed by atoms with Gasteiger partial charge in [-0.15, -0.1) is 0 Å². The first-order chi connectivity index (χ1) is 10.3. The maximum atomic E-state index is 12.3. The van der Waals surface area contributed by atoms with E-state index in [1.54, 1.807) is 17.2 Å². The predicted molar refractivity (Wildman–Crippen MR) is 95.4 cm³/mol. The molecule has 22 heavy (non-hydrogen) atoms. The molecule has 0 fully saturated rings. The van der Waals surface area contributed by atoms with Crippen molar-refractivity contribution in [3.8, 4) is 0 Å². The largest absolute Gasteiger partial charge is 0.279 e. The molecule has 2 rings (SSSR count). The highest BCUT2D eigenvalue weighted by molar-refractivity contribution is 7.81. The Morgan fingerprint density at radius 2 is 1.82 bits per heavy atom. The van der Waals surface area contributed by atoms with Gasteiger partial charge in [-0.1, -0.05) is 44.5 Å². The van der Waals surface area contributed by atoms with Gasteiger partial charge in [0.15, 0.2) is 0 Å². The number of pyridine rings is 1. The number of benzene rings is 1.